The van der Waals surface area contributed by atoms with Crippen LogP contribution in [-0.2, 0) is 15.1 Å². The van der Waals surface area contributed by atoms with Crippen LogP contribution in [0.1, 0.15) is 52.6 Å². The van der Waals surface area contributed by atoms with Gasteiger partial charge in [0.05, 0.1) is 22.7 Å². The van der Waals surface area contributed by atoms with Crippen molar-refractivity contribution in [3.05, 3.63) is 74.6 Å². The molecule has 7 heteroatoms. The molecule has 4 heterocycles. The van der Waals surface area contributed by atoms with Crippen LogP contribution in [-0.4, -0.2) is 42.5 Å². The molecule has 7 nitrogen and oxygen atoms in total. The summed E-state index contributed by atoms with van der Waals surface area (Å²) in [4.78, 5) is 45.4. The number of amides is 2. The fraction of sp³-hybridized carbons (Fsp3) is 0.370. The molecule has 1 saturated heterocycles. The molecule has 2 atom stereocenters. The van der Waals surface area contributed by atoms with Crippen LogP contribution in [0, 0.1) is 13.8 Å². The molecule has 1 aromatic heterocycles. The number of nitrogens with zero attached hydrogens (tertiary/aromatic N) is 2. The van der Waals surface area contributed by atoms with Gasteiger partial charge in [0, 0.05) is 25.3 Å². The summed E-state index contributed by atoms with van der Waals surface area (Å²) < 4.78 is 12.0. The molecule has 1 spiro atoms. The lowest BCUT2D eigenvalue weighted by molar-refractivity contribution is -0.126. The van der Waals surface area contributed by atoms with E-state index in [0.717, 1.165) is 24.0 Å². The SMILES string of the molecule is CCN1C(=O)[C@@]2(c3ccccc31)c1c(oc3cc(C)c(C)cc3c1=O)C(=O)N2C[C@@H]1CCCO1. The molecule has 34 heavy (non-hydrogen) atoms. The highest BCUT2D eigenvalue weighted by molar-refractivity contribution is 6.17. The van der Waals surface area contributed by atoms with Gasteiger partial charge in [-0.05, 0) is 62.9 Å². The maximum Gasteiger partial charge on any atom is 0.291 e. The van der Waals surface area contributed by atoms with Crippen LogP contribution in [0.4, 0.5) is 5.69 Å². The van der Waals surface area contributed by atoms with Crippen LogP contribution < -0.4 is 10.3 Å². The van der Waals surface area contributed by atoms with Gasteiger partial charge in [0.25, 0.3) is 11.8 Å². The monoisotopic (exact) mass is 458 g/mol. The van der Waals surface area contributed by atoms with Gasteiger partial charge in [0.2, 0.25) is 5.76 Å². The van der Waals surface area contributed by atoms with Crippen molar-refractivity contribution >= 4 is 28.5 Å². The number of benzene rings is 2. The zero-order chi connectivity index (χ0) is 23.8. The highest BCUT2D eigenvalue weighted by atomic mass is 16.5. The largest absolute Gasteiger partial charge is 0.450 e. The molecule has 0 N–H and O–H groups in total. The van der Waals surface area contributed by atoms with E-state index in [1.54, 1.807) is 17.0 Å². The Morgan fingerprint density at radius 2 is 1.85 bits per heavy atom. The molecule has 3 aliphatic heterocycles. The molecule has 2 aromatic carbocycles. The first-order valence-electron chi connectivity index (χ1n) is 11.8. The third-order valence-electron chi connectivity index (χ3n) is 7.58. The number of aryl methyl sites for hydroxylation is 2. The smallest absolute Gasteiger partial charge is 0.291 e. The highest BCUT2D eigenvalue weighted by Crippen LogP contribution is 2.52. The van der Waals surface area contributed by atoms with Crippen LogP contribution in [0.15, 0.2) is 45.6 Å². The molecular weight excluding hydrogens is 432 g/mol. The Morgan fingerprint density at radius 3 is 2.59 bits per heavy atom. The van der Waals surface area contributed by atoms with Crippen LogP contribution in [0.25, 0.3) is 11.0 Å². The van der Waals surface area contributed by atoms with Gasteiger partial charge in [-0.1, -0.05) is 18.2 Å². The van der Waals surface area contributed by atoms with Crippen molar-refractivity contribution in [2.24, 2.45) is 0 Å². The van der Waals surface area contributed by atoms with E-state index in [1.807, 2.05) is 45.0 Å². The third-order valence-corrected chi connectivity index (χ3v) is 7.58. The van der Waals surface area contributed by atoms with Gasteiger partial charge in [-0.2, -0.15) is 0 Å². The standard InChI is InChI=1S/C27H26N2O5/c1-4-28-20-10-6-5-9-19(20)27(26(28)32)22-23(30)18-12-15(2)16(3)13-21(18)34-24(22)25(31)29(27)14-17-8-7-11-33-17/h5-6,9-10,12-13,17H,4,7-8,11,14H2,1-3H3/t17-,27+/m0/s1. The molecule has 3 aromatic rings. The summed E-state index contributed by atoms with van der Waals surface area (Å²) in [5.74, 6) is -0.777. The quantitative estimate of drug-likeness (QED) is 0.599. The molecule has 2 amide bonds. The van der Waals surface area contributed by atoms with Crippen LogP contribution in [0.2, 0.25) is 0 Å². The summed E-state index contributed by atoms with van der Waals surface area (Å²) in [6.45, 7) is 7.02. The summed E-state index contributed by atoms with van der Waals surface area (Å²) in [6, 6.07) is 11.0. The maximum absolute atomic E-state index is 14.2. The van der Waals surface area contributed by atoms with Crippen molar-refractivity contribution in [1.29, 1.82) is 0 Å². The minimum atomic E-state index is -1.56. The first-order chi connectivity index (χ1) is 16.4. The number of rotatable bonds is 3. The molecular formula is C27H26N2O5. The number of likely N-dealkylation sites (N-methyl/N-ethyl adjacent to an activating group) is 1. The molecule has 3 aliphatic rings. The van der Waals surface area contributed by atoms with E-state index < -0.39 is 11.4 Å². The average molecular weight is 459 g/mol. The Balaban J connectivity index is 1.71. The maximum atomic E-state index is 14.2. The molecule has 1 fully saturated rings. The highest BCUT2D eigenvalue weighted by Gasteiger charge is 2.65. The molecule has 6 rings (SSSR count). The lowest BCUT2D eigenvalue weighted by Gasteiger charge is -2.35. The van der Waals surface area contributed by atoms with Crippen molar-refractivity contribution in [3.8, 4) is 0 Å². The van der Waals surface area contributed by atoms with E-state index in [0.29, 0.717) is 35.4 Å². The van der Waals surface area contributed by atoms with Crippen molar-refractivity contribution in [2.45, 2.75) is 45.3 Å². The zero-order valence-corrected chi connectivity index (χ0v) is 19.5. The van der Waals surface area contributed by atoms with Crippen molar-refractivity contribution in [3.63, 3.8) is 0 Å². The summed E-state index contributed by atoms with van der Waals surface area (Å²) in [7, 11) is 0. The summed E-state index contributed by atoms with van der Waals surface area (Å²) in [5.41, 5.74) is 1.87. The number of fused-ring (bicyclic) bond motifs is 5. The Hall–Kier alpha value is -3.45. The molecule has 0 bridgehead atoms. The van der Waals surface area contributed by atoms with E-state index in [1.165, 1.54) is 4.90 Å². The van der Waals surface area contributed by atoms with E-state index in [-0.39, 0.29) is 35.3 Å². The van der Waals surface area contributed by atoms with Gasteiger partial charge in [0.15, 0.2) is 11.0 Å². The second kappa shape index (κ2) is 7.27. The predicted molar refractivity (Wildman–Crippen MR) is 127 cm³/mol. The minimum absolute atomic E-state index is 0.0418. The minimum Gasteiger partial charge on any atom is -0.450 e. The Morgan fingerprint density at radius 1 is 1.09 bits per heavy atom. The Bertz CT molecular complexity index is 1430. The van der Waals surface area contributed by atoms with Gasteiger partial charge < -0.3 is 19.0 Å². The van der Waals surface area contributed by atoms with Gasteiger partial charge in [-0.15, -0.1) is 0 Å². The van der Waals surface area contributed by atoms with Crippen molar-refractivity contribution < 1.29 is 18.7 Å². The van der Waals surface area contributed by atoms with Crippen molar-refractivity contribution in [2.75, 3.05) is 24.6 Å². The van der Waals surface area contributed by atoms with E-state index in [9.17, 15) is 14.4 Å². The Kier molecular flexibility index (Phi) is 4.51. The molecule has 0 saturated carbocycles. The number of carbonyl (C=O) groups excluding carboxylic acids is 2. The van der Waals surface area contributed by atoms with Gasteiger partial charge >= 0.3 is 0 Å². The lowest BCUT2D eigenvalue weighted by Crippen LogP contribution is -2.55. The van der Waals surface area contributed by atoms with Crippen LogP contribution in [0.5, 0.6) is 0 Å². The Labute approximate surface area is 196 Å². The number of hydrogen-bond donors (Lipinski definition) is 0. The van der Waals surface area contributed by atoms with Crippen LogP contribution in [0.3, 0.4) is 0 Å². The number of anilines is 1. The number of ether oxygens (including phenoxy) is 1. The fourth-order valence-electron chi connectivity index (χ4n) is 5.80. The number of para-hydroxylation sites is 1. The topological polar surface area (TPSA) is 80.1 Å². The lowest BCUT2D eigenvalue weighted by atomic mass is 9.83. The number of hydrogen-bond acceptors (Lipinski definition) is 5. The molecule has 0 unspecified atom stereocenters. The second-order valence-electron chi connectivity index (χ2n) is 9.40. The molecule has 0 aliphatic carbocycles. The van der Waals surface area contributed by atoms with E-state index in [2.05, 4.69) is 0 Å². The van der Waals surface area contributed by atoms with Gasteiger partial charge in [-0.3, -0.25) is 14.4 Å². The van der Waals surface area contributed by atoms with Crippen LogP contribution >= 0.6 is 0 Å². The third kappa shape index (κ3) is 2.53. The summed E-state index contributed by atoms with van der Waals surface area (Å²) >= 11 is 0. The first kappa shape index (κ1) is 21.1. The summed E-state index contributed by atoms with van der Waals surface area (Å²) in [5, 5.41) is 0.383. The van der Waals surface area contributed by atoms with Gasteiger partial charge in [-0.25, -0.2) is 0 Å². The van der Waals surface area contributed by atoms with E-state index >= 15 is 0 Å². The fourth-order valence-corrected chi connectivity index (χ4v) is 5.80. The summed E-state index contributed by atoms with van der Waals surface area (Å²) in [6.07, 6.45) is 1.50. The number of carbonyl (C=O) groups is 2. The van der Waals surface area contributed by atoms with Gasteiger partial charge in [0.1, 0.15) is 5.58 Å². The van der Waals surface area contributed by atoms with Crippen molar-refractivity contribution in [1.82, 2.24) is 4.90 Å². The predicted octanol–water partition coefficient (Wildman–Crippen LogP) is 3.65. The molecule has 174 valence electrons. The zero-order valence-electron chi connectivity index (χ0n) is 19.5. The molecule has 0 radical (unpaired) electrons. The second-order valence-corrected chi connectivity index (χ2v) is 9.40. The average Bonchev–Trinajstić information content (AvgIpc) is 3.49. The normalized spacial score (nSPS) is 23.4. The van der Waals surface area contributed by atoms with E-state index in [4.69, 9.17) is 9.15 Å². The first-order valence-corrected chi connectivity index (χ1v) is 11.8.